The van der Waals surface area contributed by atoms with E-state index < -0.39 is 6.09 Å². The molecule has 0 fully saturated rings. The fourth-order valence-electron chi connectivity index (χ4n) is 2.28. The van der Waals surface area contributed by atoms with Crippen LogP contribution in [-0.2, 0) is 16.0 Å². The summed E-state index contributed by atoms with van der Waals surface area (Å²) < 4.78 is 4.86. The molecule has 0 saturated carbocycles. The lowest BCUT2D eigenvalue weighted by Crippen LogP contribution is -2.33. The predicted molar refractivity (Wildman–Crippen MR) is 65.2 cm³/mol. The van der Waals surface area contributed by atoms with Gasteiger partial charge in [-0.05, 0) is 24.0 Å². The third-order valence-electron chi connectivity index (χ3n) is 3.09. The van der Waals surface area contributed by atoms with E-state index in [0.717, 1.165) is 23.5 Å². The molecule has 1 aromatic rings. The Bertz CT molecular complexity index is 421. The fourth-order valence-corrected chi connectivity index (χ4v) is 2.28. The lowest BCUT2D eigenvalue weighted by molar-refractivity contribution is -0.166. The van der Waals surface area contributed by atoms with Gasteiger partial charge in [-0.25, -0.2) is 4.79 Å². The van der Waals surface area contributed by atoms with Gasteiger partial charge in [-0.15, -0.1) is 0 Å². The van der Waals surface area contributed by atoms with Crippen molar-refractivity contribution in [1.29, 1.82) is 0 Å². The summed E-state index contributed by atoms with van der Waals surface area (Å²) in [6.07, 6.45) is 0.587. The number of rotatable bonds is 5. The van der Waals surface area contributed by atoms with Gasteiger partial charge < -0.3 is 9.84 Å². The van der Waals surface area contributed by atoms with Gasteiger partial charge in [0.1, 0.15) is 0 Å². The third kappa shape index (κ3) is 2.63. The van der Waals surface area contributed by atoms with Crippen molar-refractivity contribution in [3.05, 3.63) is 35.4 Å². The molecule has 5 nitrogen and oxygen atoms in total. The van der Waals surface area contributed by atoms with Crippen molar-refractivity contribution in [2.75, 3.05) is 20.3 Å². The zero-order valence-corrected chi connectivity index (χ0v) is 10.3. The molecule has 1 aliphatic carbocycles. The Morgan fingerprint density at radius 2 is 2.22 bits per heavy atom. The fraction of sp³-hybridized carbons (Fsp3) is 0.462. The van der Waals surface area contributed by atoms with E-state index in [1.165, 1.54) is 5.56 Å². The lowest BCUT2D eigenvalue weighted by Gasteiger charge is -2.25. The Kier molecular flexibility index (Phi) is 4.17. The van der Waals surface area contributed by atoms with Gasteiger partial charge >= 0.3 is 6.09 Å². The summed E-state index contributed by atoms with van der Waals surface area (Å²) in [5, 5.41) is 10.3. The van der Waals surface area contributed by atoms with Crippen LogP contribution < -0.4 is 0 Å². The van der Waals surface area contributed by atoms with E-state index in [4.69, 9.17) is 9.57 Å². The van der Waals surface area contributed by atoms with Crippen molar-refractivity contribution in [3.8, 4) is 0 Å². The Balaban J connectivity index is 2.10. The number of fused-ring (bicyclic) bond motifs is 1. The highest BCUT2D eigenvalue weighted by Crippen LogP contribution is 2.35. The number of amides is 1. The second-order valence-corrected chi connectivity index (χ2v) is 4.19. The molecule has 1 aliphatic rings. The molecule has 5 heteroatoms. The normalized spacial score (nSPS) is 17.5. The Labute approximate surface area is 106 Å². The number of benzene rings is 1. The Morgan fingerprint density at radius 1 is 1.44 bits per heavy atom. The number of ether oxygens (including phenoxy) is 1. The number of carboxylic acid groups (broad SMARTS) is 1. The number of aryl methyl sites for hydroxylation is 1. The molecule has 0 spiro atoms. The first-order valence-corrected chi connectivity index (χ1v) is 5.96. The maximum atomic E-state index is 11.3. The number of nitrogens with zero attached hydrogens (tertiary/aromatic N) is 1. The van der Waals surface area contributed by atoms with Crippen LogP contribution in [0.1, 0.15) is 23.6 Å². The predicted octanol–water partition coefficient (Wildman–Crippen LogP) is 2.23. The van der Waals surface area contributed by atoms with E-state index in [1.807, 2.05) is 24.3 Å². The zero-order valence-electron chi connectivity index (χ0n) is 10.3. The highest BCUT2D eigenvalue weighted by atomic mass is 16.7. The molecule has 1 atom stereocenters. The van der Waals surface area contributed by atoms with Crippen LogP contribution in [0, 0.1) is 0 Å². The van der Waals surface area contributed by atoms with Crippen molar-refractivity contribution < 1.29 is 19.5 Å². The van der Waals surface area contributed by atoms with Crippen LogP contribution in [0.15, 0.2) is 24.3 Å². The van der Waals surface area contributed by atoms with Gasteiger partial charge in [0.05, 0.1) is 19.3 Å². The molecular formula is C13H17NO4. The molecule has 98 valence electrons. The van der Waals surface area contributed by atoms with Gasteiger partial charge in [0.2, 0.25) is 0 Å². The first-order chi connectivity index (χ1) is 8.74. The van der Waals surface area contributed by atoms with Gasteiger partial charge in [0.25, 0.3) is 0 Å². The van der Waals surface area contributed by atoms with E-state index in [9.17, 15) is 9.90 Å². The summed E-state index contributed by atoms with van der Waals surface area (Å²) in [6.45, 7) is 0.611. The Hall–Kier alpha value is -1.59. The van der Waals surface area contributed by atoms with Gasteiger partial charge in [0.15, 0.2) is 0 Å². The minimum absolute atomic E-state index is 0.212. The number of methoxy groups -OCH3 is 1. The highest BCUT2D eigenvalue weighted by Gasteiger charge is 2.31. The van der Waals surface area contributed by atoms with Gasteiger partial charge in [0, 0.05) is 7.11 Å². The van der Waals surface area contributed by atoms with Crippen molar-refractivity contribution >= 4 is 6.09 Å². The van der Waals surface area contributed by atoms with Gasteiger partial charge in [-0.3, -0.25) is 4.84 Å². The minimum atomic E-state index is -1.06. The molecule has 18 heavy (non-hydrogen) atoms. The van der Waals surface area contributed by atoms with Crippen LogP contribution in [-0.4, -0.2) is 36.6 Å². The maximum absolute atomic E-state index is 11.3. The molecule has 0 bridgehead atoms. The van der Waals surface area contributed by atoms with E-state index in [1.54, 1.807) is 7.11 Å². The summed E-state index contributed by atoms with van der Waals surface area (Å²) in [7, 11) is 1.55. The van der Waals surface area contributed by atoms with E-state index in [0.29, 0.717) is 6.61 Å². The number of hydrogen-bond acceptors (Lipinski definition) is 3. The molecule has 0 aliphatic heterocycles. The lowest BCUT2D eigenvalue weighted by atomic mass is 10.1. The second-order valence-electron chi connectivity index (χ2n) is 4.19. The standard InChI is InChI=1S/C13H17NO4/c1-17-8-9-18-14(13(15)16)12-7-6-10-4-2-3-5-11(10)12/h2-5,12H,6-9H2,1H3,(H,15,16). The number of hydroxylamine groups is 2. The molecule has 0 radical (unpaired) electrons. The van der Waals surface area contributed by atoms with Crippen LogP contribution in [0.3, 0.4) is 0 Å². The summed E-state index contributed by atoms with van der Waals surface area (Å²) in [5.74, 6) is 0. The van der Waals surface area contributed by atoms with Crippen molar-refractivity contribution in [3.63, 3.8) is 0 Å². The Morgan fingerprint density at radius 3 is 2.94 bits per heavy atom. The molecule has 1 unspecified atom stereocenters. The van der Waals surface area contributed by atoms with Crippen LogP contribution in [0.2, 0.25) is 0 Å². The van der Waals surface area contributed by atoms with Crippen molar-refractivity contribution in [2.24, 2.45) is 0 Å². The van der Waals surface area contributed by atoms with Crippen molar-refractivity contribution in [1.82, 2.24) is 5.06 Å². The molecule has 1 amide bonds. The minimum Gasteiger partial charge on any atom is -0.463 e. The molecule has 0 aromatic heterocycles. The van der Waals surface area contributed by atoms with E-state index in [-0.39, 0.29) is 12.6 Å². The third-order valence-corrected chi connectivity index (χ3v) is 3.09. The monoisotopic (exact) mass is 251 g/mol. The average molecular weight is 251 g/mol. The van der Waals surface area contributed by atoms with Crippen LogP contribution >= 0.6 is 0 Å². The smallest absolute Gasteiger partial charge is 0.432 e. The average Bonchev–Trinajstić information content (AvgIpc) is 2.78. The highest BCUT2D eigenvalue weighted by molar-refractivity contribution is 5.64. The van der Waals surface area contributed by atoms with Crippen molar-refractivity contribution in [2.45, 2.75) is 18.9 Å². The van der Waals surface area contributed by atoms with Gasteiger partial charge in [-0.1, -0.05) is 24.3 Å². The largest absolute Gasteiger partial charge is 0.463 e. The summed E-state index contributed by atoms with van der Waals surface area (Å²) in [5.41, 5.74) is 2.24. The second kappa shape index (κ2) is 5.84. The number of hydrogen-bond donors (Lipinski definition) is 1. The van der Waals surface area contributed by atoms with Crippen LogP contribution in [0.5, 0.6) is 0 Å². The molecule has 0 saturated heterocycles. The SMILES string of the molecule is COCCON(C(=O)O)C1CCc2ccccc21. The molecule has 1 N–H and O–H groups in total. The van der Waals surface area contributed by atoms with E-state index in [2.05, 4.69) is 0 Å². The summed E-state index contributed by atoms with van der Waals surface area (Å²) in [4.78, 5) is 16.5. The van der Waals surface area contributed by atoms with Gasteiger partial charge in [-0.2, -0.15) is 5.06 Å². The maximum Gasteiger partial charge on any atom is 0.432 e. The summed E-state index contributed by atoms with van der Waals surface area (Å²) in [6, 6.07) is 7.67. The summed E-state index contributed by atoms with van der Waals surface area (Å²) >= 11 is 0. The quantitative estimate of drug-likeness (QED) is 0.644. The van der Waals surface area contributed by atoms with Crippen LogP contribution in [0.25, 0.3) is 0 Å². The molecular weight excluding hydrogens is 234 g/mol. The molecule has 2 rings (SSSR count). The first-order valence-electron chi connectivity index (χ1n) is 5.96. The zero-order chi connectivity index (χ0) is 13.0. The van der Waals surface area contributed by atoms with E-state index >= 15 is 0 Å². The first kappa shape index (κ1) is 12.9. The molecule has 1 aromatic carbocycles. The molecule has 0 heterocycles. The topological polar surface area (TPSA) is 59.0 Å². The number of carbonyl (C=O) groups is 1. The van der Waals surface area contributed by atoms with Crippen LogP contribution in [0.4, 0.5) is 4.79 Å².